The number of rotatable bonds is 1. The van der Waals surface area contributed by atoms with E-state index in [2.05, 4.69) is 22.6 Å². The smallest absolute Gasteiger partial charge is 0.248 e. The molecule has 0 atom stereocenters. The highest BCUT2D eigenvalue weighted by Gasteiger charge is 2.06. The van der Waals surface area contributed by atoms with E-state index in [1.54, 1.807) is 12.1 Å². The molecule has 0 aliphatic heterocycles. The van der Waals surface area contributed by atoms with E-state index >= 15 is 0 Å². The number of hydrogen-bond donors (Lipinski definition) is 1. The van der Waals surface area contributed by atoms with Crippen LogP contribution in [0.4, 0.5) is 0 Å². The standard InChI is InChI=1S/C8H7ClINO/c1-4-6(9)2-5(8(11)12)3-7(4)10/h2-3H,1H3,(H2,11,12). The molecule has 1 aromatic carbocycles. The highest BCUT2D eigenvalue weighted by molar-refractivity contribution is 14.1. The molecule has 2 nitrogen and oxygen atoms in total. The molecular formula is C8H7ClINO. The molecular weight excluding hydrogens is 288 g/mol. The lowest BCUT2D eigenvalue weighted by molar-refractivity contribution is 0.1000. The number of carbonyl (C=O) groups is 1. The molecule has 1 rings (SSSR count). The van der Waals surface area contributed by atoms with Gasteiger partial charge in [-0.15, -0.1) is 0 Å². The molecule has 0 saturated heterocycles. The van der Waals surface area contributed by atoms with Crippen LogP contribution in [0, 0.1) is 10.5 Å². The van der Waals surface area contributed by atoms with Crippen LogP contribution in [0.25, 0.3) is 0 Å². The first-order chi connectivity index (χ1) is 5.52. The van der Waals surface area contributed by atoms with Crippen molar-refractivity contribution in [2.24, 2.45) is 5.73 Å². The van der Waals surface area contributed by atoms with Crippen molar-refractivity contribution >= 4 is 40.1 Å². The average molecular weight is 296 g/mol. The summed E-state index contributed by atoms with van der Waals surface area (Å²) < 4.78 is 0.953. The van der Waals surface area contributed by atoms with E-state index in [-0.39, 0.29) is 0 Å². The Kier molecular flexibility index (Phi) is 2.95. The van der Waals surface area contributed by atoms with Crippen LogP contribution >= 0.6 is 34.2 Å². The number of halogens is 2. The number of nitrogens with two attached hydrogens (primary N) is 1. The van der Waals surface area contributed by atoms with Gasteiger partial charge >= 0.3 is 0 Å². The van der Waals surface area contributed by atoms with Crippen molar-refractivity contribution in [1.29, 1.82) is 0 Å². The van der Waals surface area contributed by atoms with Crippen LogP contribution in [0.2, 0.25) is 5.02 Å². The number of primary amides is 1. The van der Waals surface area contributed by atoms with Gasteiger partial charge in [-0.25, -0.2) is 0 Å². The van der Waals surface area contributed by atoms with Gasteiger partial charge in [0.25, 0.3) is 0 Å². The second kappa shape index (κ2) is 3.62. The van der Waals surface area contributed by atoms with Crippen LogP contribution in [0.15, 0.2) is 12.1 Å². The SMILES string of the molecule is Cc1c(Cl)cc(C(N)=O)cc1I. The van der Waals surface area contributed by atoms with E-state index in [0.717, 1.165) is 9.13 Å². The summed E-state index contributed by atoms with van der Waals surface area (Å²) in [6.45, 7) is 1.90. The Morgan fingerprint density at radius 2 is 2.17 bits per heavy atom. The van der Waals surface area contributed by atoms with Gasteiger partial charge in [0, 0.05) is 14.2 Å². The minimum absolute atomic E-state index is 0.449. The van der Waals surface area contributed by atoms with Crippen molar-refractivity contribution < 1.29 is 4.79 Å². The van der Waals surface area contributed by atoms with Crippen LogP contribution in [0.1, 0.15) is 15.9 Å². The van der Waals surface area contributed by atoms with Crippen molar-refractivity contribution in [1.82, 2.24) is 0 Å². The van der Waals surface area contributed by atoms with E-state index in [1.807, 2.05) is 6.92 Å². The Morgan fingerprint density at radius 1 is 1.58 bits per heavy atom. The summed E-state index contributed by atoms with van der Waals surface area (Å²) in [6, 6.07) is 3.31. The molecule has 64 valence electrons. The molecule has 0 bridgehead atoms. The van der Waals surface area contributed by atoms with Gasteiger partial charge in [-0.1, -0.05) is 11.6 Å². The van der Waals surface area contributed by atoms with E-state index in [0.29, 0.717) is 10.6 Å². The molecule has 1 aromatic rings. The third kappa shape index (κ3) is 1.90. The lowest BCUT2D eigenvalue weighted by Crippen LogP contribution is -2.11. The second-order valence-electron chi connectivity index (χ2n) is 2.43. The Labute approximate surface area is 89.2 Å². The zero-order chi connectivity index (χ0) is 9.30. The number of hydrogen-bond acceptors (Lipinski definition) is 1. The zero-order valence-electron chi connectivity index (χ0n) is 6.40. The molecule has 12 heavy (non-hydrogen) atoms. The second-order valence-corrected chi connectivity index (χ2v) is 4.00. The molecule has 0 heterocycles. The first-order valence-corrected chi connectivity index (χ1v) is 4.73. The normalized spacial score (nSPS) is 9.92. The van der Waals surface area contributed by atoms with E-state index in [1.165, 1.54) is 0 Å². The Bertz CT molecular complexity index is 315. The van der Waals surface area contributed by atoms with Crippen LogP contribution < -0.4 is 5.73 Å². The lowest BCUT2D eigenvalue weighted by Gasteiger charge is -2.03. The maximum Gasteiger partial charge on any atom is 0.248 e. The van der Waals surface area contributed by atoms with Crippen LogP contribution in [0.3, 0.4) is 0 Å². The molecule has 4 heteroatoms. The van der Waals surface area contributed by atoms with Crippen molar-refractivity contribution in [3.63, 3.8) is 0 Å². The molecule has 0 saturated carbocycles. The minimum atomic E-state index is -0.449. The summed E-state index contributed by atoms with van der Waals surface area (Å²) in [6.07, 6.45) is 0. The van der Waals surface area contributed by atoms with Crippen molar-refractivity contribution in [2.45, 2.75) is 6.92 Å². The maximum atomic E-state index is 10.8. The van der Waals surface area contributed by atoms with Gasteiger partial charge in [0.15, 0.2) is 0 Å². The maximum absolute atomic E-state index is 10.8. The van der Waals surface area contributed by atoms with Crippen molar-refractivity contribution in [3.05, 3.63) is 31.9 Å². The number of carbonyl (C=O) groups excluding carboxylic acids is 1. The predicted octanol–water partition coefficient (Wildman–Crippen LogP) is 2.35. The summed E-state index contributed by atoms with van der Waals surface area (Å²) in [5.41, 5.74) is 6.53. The quantitative estimate of drug-likeness (QED) is 0.794. The van der Waals surface area contributed by atoms with E-state index in [4.69, 9.17) is 17.3 Å². The first-order valence-electron chi connectivity index (χ1n) is 3.28. The highest BCUT2D eigenvalue weighted by Crippen LogP contribution is 2.22. The largest absolute Gasteiger partial charge is 0.366 e. The van der Waals surface area contributed by atoms with Gasteiger partial charge in [-0.2, -0.15) is 0 Å². The van der Waals surface area contributed by atoms with Crippen LogP contribution in [-0.4, -0.2) is 5.91 Å². The molecule has 0 radical (unpaired) electrons. The van der Waals surface area contributed by atoms with Crippen LogP contribution in [-0.2, 0) is 0 Å². The number of benzene rings is 1. The van der Waals surface area contributed by atoms with Gasteiger partial charge in [-0.05, 0) is 47.2 Å². The Hall–Kier alpha value is -0.290. The van der Waals surface area contributed by atoms with Gasteiger partial charge in [-0.3, -0.25) is 4.79 Å². The molecule has 0 aromatic heterocycles. The topological polar surface area (TPSA) is 43.1 Å². The summed E-state index contributed by atoms with van der Waals surface area (Å²) >= 11 is 7.97. The molecule has 0 fully saturated rings. The third-order valence-corrected chi connectivity index (χ3v) is 3.08. The van der Waals surface area contributed by atoms with Crippen molar-refractivity contribution in [2.75, 3.05) is 0 Å². The minimum Gasteiger partial charge on any atom is -0.366 e. The monoisotopic (exact) mass is 295 g/mol. The van der Waals surface area contributed by atoms with E-state index in [9.17, 15) is 4.79 Å². The Balaban J connectivity index is 3.31. The van der Waals surface area contributed by atoms with E-state index < -0.39 is 5.91 Å². The van der Waals surface area contributed by atoms with Gasteiger partial charge in [0.05, 0.1) is 0 Å². The molecule has 1 amide bonds. The van der Waals surface area contributed by atoms with Gasteiger partial charge < -0.3 is 5.73 Å². The fraction of sp³-hybridized carbons (Fsp3) is 0.125. The fourth-order valence-corrected chi connectivity index (χ4v) is 1.79. The summed E-state index contributed by atoms with van der Waals surface area (Å²) in [5, 5.41) is 0.579. The third-order valence-electron chi connectivity index (χ3n) is 1.57. The summed E-state index contributed by atoms with van der Waals surface area (Å²) in [5.74, 6) is -0.449. The Morgan fingerprint density at radius 3 is 2.58 bits per heavy atom. The average Bonchev–Trinajstić information content (AvgIpc) is 1.99. The van der Waals surface area contributed by atoms with Gasteiger partial charge in [0.1, 0.15) is 0 Å². The summed E-state index contributed by atoms with van der Waals surface area (Å²) in [7, 11) is 0. The molecule has 2 N–H and O–H groups in total. The predicted molar refractivity (Wildman–Crippen MR) is 57.4 cm³/mol. The van der Waals surface area contributed by atoms with Gasteiger partial charge in [0.2, 0.25) is 5.91 Å². The lowest BCUT2D eigenvalue weighted by atomic mass is 10.1. The zero-order valence-corrected chi connectivity index (χ0v) is 9.31. The molecule has 0 unspecified atom stereocenters. The number of amides is 1. The fourth-order valence-electron chi connectivity index (χ4n) is 0.788. The van der Waals surface area contributed by atoms with Crippen LogP contribution in [0.5, 0.6) is 0 Å². The highest BCUT2D eigenvalue weighted by atomic mass is 127. The summed E-state index contributed by atoms with van der Waals surface area (Å²) in [4.78, 5) is 10.8. The first kappa shape index (κ1) is 9.80. The molecule has 0 aliphatic carbocycles. The molecule has 0 aliphatic rings. The van der Waals surface area contributed by atoms with Crippen molar-refractivity contribution in [3.8, 4) is 0 Å². The molecule has 0 spiro atoms.